The average Bonchev–Trinajstić information content (AvgIpc) is 2.42. The van der Waals surface area contributed by atoms with E-state index in [1.807, 2.05) is 50.2 Å². The van der Waals surface area contributed by atoms with Crippen molar-refractivity contribution in [3.05, 3.63) is 58.6 Å². The summed E-state index contributed by atoms with van der Waals surface area (Å²) in [4.78, 5) is 12.0. The molecule has 2 rings (SSSR count). The van der Waals surface area contributed by atoms with E-state index in [0.29, 0.717) is 5.02 Å². The number of hydrogen-bond acceptors (Lipinski definition) is 2. The van der Waals surface area contributed by atoms with E-state index in [2.05, 4.69) is 10.6 Å². The number of carbonyl (C=O) groups is 1. The molecule has 0 fully saturated rings. The van der Waals surface area contributed by atoms with Crippen LogP contribution in [0.2, 0.25) is 5.02 Å². The molecule has 0 saturated heterocycles. The summed E-state index contributed by atoms with van der Waals surface area (Å²) in [5, 5.41) is 6.56. The maximum absolute atomic E-state index is 12.0. The quantitative estimate of drug-likeness (QED) is 0.892. The van der Waals surface area contributed by atoms with E-state index < -0.39 is 0 Å². The molecular weight excluding hydrogens is 272 g/mol. The zero-order valence-corrected chi connectivity index (χ0v) is 12.3. The summed E-state index contributed by atoms with van der Waals surface area (Å²) in [6.07, 6.45) is 0. The zero-order valence-electron chi connectivity index (χ0n) is 11.5. The van der Waals surface area contributed by atoms with E-state index in [4.69, 9.17) is 11.6 Å². The van der Waals surface area contributed by atoms with Crippen LogP contribution in [0.1, 0.15) is 11.1 Å². The van der Waals surface area contributed by atoms with Crippen molar-refractivity contribution in [3.63, 3.8) is 0 Å². The number of anilines is 2. The lowest BCUT2D eigenvalue weighted by Gasteiger charge is -2.12. The summed E-state index contributed by atoms with van der Waals surface area (Å²) < 4.78 is 0. The Morgan fingerprint density at radius 1 is 1.05 bits per heavy atom. The lowest BCUT2D eigenvalue weighted by molar-refractivity contribution is -0.114. The molecule has 20 heavy (non-hydrogen) atoms. The highest BCUT2D eigenvalue weighted by Crippen LogP contribution is 2.21. The number of hydrogen-bond donors (Lipinski definition) is 2. The highest BCUT2D eigenvalue weighted by atomic mass is 35.5. The third kappa shape index (κ3) is 3.52. The first-order valence-electron chi connectivity index (χ1n) is 6.42. The van der Waals surface area contributed by atoms with Gasteiger partial charge in [0.05, 0.1) is 17.3 Å². The van der Waals surface area contributed by atoms with E-state index in [-0.39, 0.29) is 12.5 Å². The fourth-order valence-corrected chi connectivity index (χ4v) is 2.18. The first kappa shape index (κ1) is 14.4. The van der Waals surface area contributed by atoms with Crippen LogP contribution in [0.15, 0.2) is 42.5 Å². The molecule has 0 heterocycles. The zero-order chi connectivity index (χ0) is 14.5. The second kappa shape index (κ2) is 6.44. The third-order valence-corrected chi connectivity index (χ3v) is 3.39. The fourth-order valence-electron chi connectivity index (χ4n) is 1.98. The van der Waals surface area contributed by atoms with Crippen molar-refractivity contribution in [2.24, 2.45) is 0 Å². The predicted octanol–water partition coefficient (Wildman–Crippen LogP) is 4.01. The van der Waals surface area contributed by atoms with Crippen LogP contribution in [0.3, 0.4) is 0 Å². The Morgan fingerprint density at radius 2 is 1.70 bits per heavy atom. The van der Waals surface area contributed by atoms with Crippen LogP contribution < -0.4 is 10.6 Å². The van der Waals surface area contributed by atoms with E-state index >= 15 is 0 Å². The second-order valence-corrected chi connectivity index (χ2v) is 5.06. The minimum atomic E-state index is -0.0951. The van der Waals surface area contributed by atoms with E-state index in [9.17, 15) is 4.79 Å². The first-order valence-corrected chi connectivity index (χ1v) is 6.80. The van der Waals surface area contributed by atoms with Crippen LogP contribution in [0.4, 0.5) is 11.4 Å². The van der Waals surface area contributed by atoms with Crippen molar-refractivity contribution in [2.45, 2.75) is 13.8 Å². The van der Waals surface area contributed by atoms with Gasteiger partial charge in [0.25, 0.3) is 0 Å². The van der Waals surface area contributed by atoms with Crippen molar-refractivity contribution < 1.29 is 4.79 Å². The number of halogens is 1. The maximum atomic E-state index is 12.0. The average molecular weight is 289 g/mol. The highest BCUT2D eigenvalue weighted by molar-refractivity contribution is 6.33. The molecule has 0 saturated carbocycles. The Balaban J connectivity index is 1.98. The van der Waals surface area contributed by atoms with Gasteiger partial charge in [-0.2, -0.15) is 0 Å². The van der Waals surface area contributed by atoms with Gasteiger partial charge in [-0.25, -0.2) is 0 Å². The van der Waals surface area contributed by atoms with Crippen LogP contribution in [0.25, 0.3) is 0 Å². The normalized spacial score (nSPS) is 10.2. The van der Waals surface area contributed by atoms with Crippen molar-refractivity contribution in [2.75, 3.05) is 17.2 Å². The van der Waals surface area contributed by atoms with Gasteiger partial charge in [-0.1, -0.05) is 41.9 Å². The summed E-state index contributed by atoms with van der Waals surface area (Å²) >= 11 is 6.02. The molecule has 0 unspecified atom stereocenters. The van der Waals surface area contributed by atoms with Crippen LogP contribution in [0, 0.1) is 13.8 Å². The molecular formula is C16H17ClN2O. The molecule has 0 radical (unpaired) electrons. The van der Waals surface area contributed by atoms with Crippen LogP contribution in [-0.4, -0.2) is 12.5 Å². The molecule has 2 aromatic rings. The molecule has 0 aliphatic heterocycles. The van der Waals surface area contributed by atoms with Crippen LogP contribution in [-0.2, 0) is 4.79 Å². The lowest BCUT2D eigenvalue weighted by Crippen LogP contribution is -2.22. The summed E-state index contributed by atoms with van der Waals surface area (Å²) in [6.45, 7) is 4.13. The molecule has 2 aromatic carbocycles. The molecule has 104 valence electrons. The molecule has 0 spiro atoms. The van der Waals surface area contributed by atoms with Gasteiger partial charge in [0, 0.05) is 5.69 Å². The highest BCUT2D eigenvalue weighted by Gasteiger charge is 2.07. The number of rotatable bonds is 4. The van der Waals surface area contributed by atoms with Gasteiger partial charge < -0.3 is 10.6 Å². The first-order chi connectivity index (χ1) is 9.58. The van der Waals surface area contributed by atoms with Crippen LogP contribution in [0.5, 0.6) is 0 Å². The van der Waals surface area contributed by atoms with E-state index in [1.165, 1.54) is 0 Å². The van der Waals surface area contributed by atoms with E-state index in [1.54, 1.807) is 6.07 Å². The molecule has 0 aromatic heterocycles. The van der Waals surface area contributed by atoms with Gasteiger partial charge in [0.2, 0.25) is 5.91 Å². The Bertz CT molecular complexity index is 605. The number of para-hydroxylation sites is 2. The largest absolute Gasteiger partial charge is 0.375 e. The Morgan fingerprint density at radius 3 is 2.35 bits per heavy atom. The van der Waals surface area contributed by atoms with Crippen LogP contribution >= 0.6 is 11.6 Å². The minimum Gasteiger partial charge on any atom is -0.375 e. The smallest absolute Gasteiger partial charge is 0.243 e. The number of carbonyl (C=O) groups excluding carboxylic acids is 1. The van der Waals surface area contributed by atoms with Gasteiger partial charge in [-0.05, 0) is 37.1 Å². The Labute approximate surface area is 124 Å². The van der Waals surface area contributed by atoms with Crippen molar-refractivity contribution >= 4 is 28.9 Å². The van der Waals surface area contributed by atoms with Gasteiger partial charge in [0.15, 0.2) is 0 Å². The van der Waals surface area contributed by atoms with Gasteiger partial charge in [-0.3, -0.25) is 4.79 Å². The molecule has 3 nitrogen and oxygen atoms in total. The van der Waals surface area contributed by atoms with Crippen molar-refractivity contribution in [1.29, 1.82) is 0 Å². The molecule has 4 heteroatoms. The summed E-state index contributed by atoms with van der Waals surface area (Å²) in [6, 6.07) is 13.3. The minimum absolute atomic E-state index is 0.0951. The number of nitrogens with one attached hydrogen (secondary N) is 2. The summed E-state index contributed by atoms with van der Waals surface area (Å²) in [7, 11) is 0. The molecule has 0 aliphatic rings. The molecule has 2 N–H and O–H groups in total. The predicted molar refractivity (Wildman–Crippen MR) is 84.5 cm³/mol. The van der Waals surface area contributed by atoms with Crippen molar-refractivity contribution in [1.82, 2.24) is 0 Å². The SMILES string of the molecule is Cc1cccc(C)c1NC(=O)CNc1ccccc1Cl. The maximum Gasteiger partial charge on any atom is 0.243 e. The Kier molecular flexibility index (Phi) is 4.64. The number of amides is 1. The Hall–Kier alpha value is -2.00. The van der Waals surface area contributed by atoms with Crippen molar-refractivity contribution in [3.8, 4) is 0 Å². The molecule has 0 aliphatic carbocycles. The summed E-state index contributed by atoms with van der Waals surface area (Å²) in [5.41, 5.74) is 3.73. The lowest BCUT2D eigenvalue weighted by atomic mass is 10.1. The second-order valence-electron chi connectivity index (χ2n) is 4.65. The monoisotopic (exact) mass is 288 g/mol. The van der Waals surface area contributed by atoms with Gasteiger partial charge in [0.1, 0.15) is 0 Å². The molecule has 0 bridgehead atoms. The topological polar surface area (TPSA) is 41.1 Å². The fraction of sp³-hybridized carbons (Fsp3) is 0.188. The third-order valence-electron chi connectivity index (χ3n) is 3.06. The van der Waals surface area contributed by atoms with Gasteiger partial charge >= 0.3 is 0 Å². The number of aryl methyl sites for hydroxylation is 2. The summed E-state index contributed by atoms with van der Waals surface area (Å²) in [5.74, 6) is -0.0951. The molecule has 0 atom stereocenters. The van der Waals surface area contributed by atoms with Gasteiger partial charge in [-0.15, -0.1) is 0 Å². The standard InChI is InChI=1S/C16H17ClN2O/c1-11-6-5-7-12(2)16(11)19-15(20)10-18-14-9-4-3-8-13(14)17/h3-9,18H,10H2,1-2H3,(H,19,20). The van der Waals surface area contributed by atoms with E-state index in [0.717, 1.165) is 22.5 Å². The molecule has 1 amide bonds. The number of benzene rings is 2.